The summed E-state index contributed by atoms with van der Waals surface area (Å²) in [6.07, 6.45) is 6.76. The number of aromatic nitrogens is 2. The second-order valence-corrected chi connectivity index (χ2v) is 3.66. The summed E-state index contributed by atoms with van der Waals surface area (Å²) in [7, 11) is 3.42. The highest BCUT2D eigenvalue weighted by atomic mass is 16.2. The summed E-state index contributed by atoms with van der Waals surface area (Å²) < 4.78 is 2.99. The Kier molecular flexibility index (Phi) is 3.52. The number of hydrogen-bond acceptors (Lipinski definition) is 3. The van der Waals surface area contributed by atoms with Crippen molar-refractivity contribution < 1.29 is 4.79 Å². The lowest BCUT2D eigenvalue weighted by molar-refractivity contribution is 0.243. The average molecular weight is 242 g/mol. The van der Waals surface area contributed by atoms with Gasteiger partial charge in [0, 0.05) is 38.9 Å². The second-order valence-electron chi connectivity index (χ2n) is 3.66. The Bertz CT molecular complexity index is 594. The van der Waals surface area contributed by atoms with Gasteiger partial charge in [-0.25, -0.2) is 4.79 Å². The van der Waals surface area contributed by atoms with E-state index in [9.17, 15) is 4.79 Å². The molecule has 0 aliphatic carbocycles. The molecule has 0 fully saturated rings. The fourth-order valence-electron chi connectivity index (χ4n) is 1.52. The molecular weight excluding hydrogens is 228 g/mol. The van der Waals surface area contributed by atoms with Gasteiger partial charge in [-0.15, -0.1) is 0 Å². The fourth-order valence-corrected chi connectivity index (χ4v) is 1.52. The van der Waals surface area contributed by atoms with E-state index in [1.165, 1.54) is 9.13 Å². The molecule has 0 aromatic carbocycles. The SMILES string of the molecule is CN=c1ccn(C(=O)n2ccc(=NC)cc2)cc1. The number of carbonyl (C=O) groups excluding carboxylic acids is 1. The van der Waals surface area contributed by atoms with Crippen molar-refractivity contribution >= 4 is 6.03 Å². The quantitative estimate of drug-likeness (QED) is 0.676. The maximum absolute atomic E-state index is 12.1. The molecule has 18 heavy (non-hydrogen) atoms. The molecule has 2 rings (SSSR count). The normalized spacial score (nSPS) is 9.89. The molecule has 2 aromatic rings. The standard InChI is InChI=1S/C13H14N4O/c1-14-11-3-7-16(8-4-11)13(18)17-9-5-12(15-2)6-10-17/h3-10H,1-2H3. The van der Waals surface area contributed by atoms with Crippen molar-refractivity contribution in [3.8, 4) is 0 Å². The maximum Gasteiger partial charge on any atom is 0.336 e. The Hall–Kier alpha value is -2.43. The number of pyridine rings is 2. The van der Waals surface area contributed by atoms with Gasteiger partial charge in [0.05, 0.1) is 10.7 Å². The molecule has 0 N–H and O–H groups in total. The maximum atomic E-state index is 12.1. The Balaban J connectivity index is 2.34. The molecule has 92 valence electrons. The monoisotopic (exact) mass is 242 g/mol. The molecule has 5 nitrogen and oxygen atoms in total. The molecule has 0 spiro atoms. The van der Waals surface area contributed by atoms with Gasteiger partial charge < -0.3 is 0 Å². The number of nitrogens with zero attached hydrogens (tertiary/aromatic N) is 4. The van der Waals surface area contributed by atoms with E-state index in [4.69, 9.17) is 0 Å². The van der Waals surface area contributed by atoms with Crippen LogP contribution in [0.4, 0.5) is 4.79 Å². The van der Waals surface area contributed by atoms with Crippen molar-refractivity contribution in [3.63, 3.8) is 0 Å². The first-order valence-corrected chi connectivity index (χ1v) is 5.51. The molecule has 0 unspecified atom stereocenters. The summed E-state index contributed by atoms with van der Waals surface area (Å²) in [5.41, 5.74) is 0. The van der Waals surface area contributed by atoms with E-state index >= 15 is 0 Å². The third-order valence-corrected chi connectivity index (χ3v) is 2.58. The number of rotatable bonds is 0. The van der Waals surface area contributed by atoms with Crippen LogP contribution < -0.4 is 10.7 Å². The van der Waals surface area contributed by atoms with E-state index < -0.39 is 0 Å². The Morgan fingerprint density at radius 1 is 0.833 bits per heavy atom. The molecule has 2 heterocycles. The van der Waals surface area contributed by atoms with E-state index in [1.54, 1.807) is 63.1 Å². The van der Waals surface area contributed by atoms with Crippen LogP contribution in [0, 0.1) is 0 Å². The zero-order valence-electron chi connectivity index (χ0n) is 10.3. The van der Waals surface area contributed by atoms with Gasteiger partial charge in [0.1, 0.15) is 0 Å². The number of hydrogen-bond donors (Lipinski definition) is 0. The van der Waals surface area contributed by atoms with Crippen LogP contribution in [0.15, 0.2) is 59.0 Å². The van der Waals surface area contributed by atoms with Gasteiger partial charge in [-0.2, -0.15) is 0 Å². The molecular formula is C13H14N4O. The molecule has 0 saturated heterocycles. The van der Waals surface area contributed by atoms with Crippen LogP contribution >= 0.6 is 0 Å². The van der Waals surface area contributed by atoms with Crippen molar-refractivity contribution in [1.82, 2.24) is 9.13 Å². The van der Waals surface area contributed by atoms with E-state index in [-0.39, 0.29) is 6.03 Å². The topological polar surface area (TPSA) is 51.6 Å². The molecule has 0 amide bonds. The minimum Gasteiger partial charge on any atom is -0.289 e. The van der Waals surface area contributed by atoms with Gasteiger partial charge in [0.25, 0.3) is 0 Å². The van der Waals surface area contributed by atoms with Crippen LogP contribution in [0.25, 0.3) is 0 Å². The van der Waals surface area contributed by atoms with Crippen LogP contribution in [0.5, 0.6) is 0 Å². The van der Waals surface area contributed by atoms with Gasteiger partial charge in [0.15, 0.2) is 0 Å². The van der Waals surface area contributed by atoms with E-state index in [1.807, 2.05) is 0 Å². The summed E-state index contributed by atoms with van der Waals surface area (Å²) in [5.74, 6) is 0. The molecule has 5 heteroatoms. The van der Waals surface area contributed by atoms with Gasteiger partial charge in [0.2, 0.25) is 0 Å². The molecule has 0 saturated carbocycles. The van der Waals surface area contributed by atoms with Crippen molar-refractivity contribution in [3.05, 3.63) is 59.8 Å². The lowest BCUT2D eigenvalue weighted by Gasteiger charge is -2.07. The predicted molar refractivity (Wildman–Crippen MR) is 68.0 cm³/mol. The highest BCUT2D eigenvalue weighted by Crippen LogP contribution is 1.91. The summed E-state index contributed by atoms with van der Waals surface area (Å²) in [6.45, 7) is 0. The Morgan fingerprint density at radius 2 is 1.17 bits per heavy atom. The smallest absolute Gasteiger partial charge is 0.289 e. The summed E-state index contributed by atoms with van der Waals surface area (Å²) >= 11 is 0. The second kappa shape index (κ2) is 5.27. The summed E-state index contributed by atoms with van der Waals surface area (Å²) in [4.78, 5) is 20.2. The molecule has 2 aromatic heterocycles. The van der Waals surface area contributed by atoms with E-state index in [0.717, 1.165) is 10.7 Å². The largest absolute Gasteiger partial charge is 0.336 e. The van der Waals surface area contributed by atoms with Crippen molar-refractivity contribution in [1.29, 1.82) is 0 Å². The lowest BCUT2D eigenvalue weighted by Crippen LogP contribution is -2.21. The summed E-state index contributed by atoms with van der Waals surface area (Å²) in [6, 6.07) is 6.99. The fraction of sp³-hybridized carbons (Fsp3) is 0.154. The molecule has 0 radical (unpaired) electrons. The average Bonchev–Trinajstić information content (AvgIpc) is 2.47. The van der Waals surface area contributed by atoms with Gasteiger partial charge in [-0.1, -0.05) is 0 Å². The van der Waals surface area contributed by atoms with E-state index in [2.05, 4.69) is 9.98 Å². The highest BCUT2D eigenvalue weighted by molar-refractivity contribution is 5.78. The molecule has 0 bridgehead atoms. The lowest BCUT2D eigenvalue weighted by atomic mass is 10.4. The van der Waals surface area contributed by atoms with Crippen LogP contribution in [-0.4, -0.2) is 29.3 Å². The van der Waals surface area contributed by atoms with Crippen LogP contribution in [-0.2, 0) is 0 Å². The molecule has 0 atom stereocenters. The third-order valence-electron chi connectivity index (χ3n) is 2.58. The van der Waals surface area contributed by atoms with Crippen LogP contribution in [0.3, 0.4) is 0 Å². The molecule has 0 aliphatic heterocycles. The van der Waals surface area contributed by atoms with Gasteiger partial charge in [-0.3, -0.25) is 19.1 Å². The van der Waals surface area contributed by atoms with E-state index in [0.29, 0.717) is 0 Å². The Morgan fingerprint density at radius 3 is 1.44 bits per heavy atom. The van der Waals surface area contributed by atoms with Crippen molar-refractivity contribution in [2.24, 2.45) is 9.98 Å². The zero-order valence-corrected chi connectivity index (χ0v) is 10.3. The van der Waals surface area contributed by atoms with Gasteiger partial charge >= 0.3 is 6.03 Å². The van der Waals surface area contributed by atoms with Crippen molar-refractivity contribution in [2.45, 2.75) is 0 Å². The summed E-state index contributed by atoms with van der Waals surface area (Å²) in [5, 5.41) is 1.67. The predicted octanol–water partition coefficient (Wildman–Crippen LogP) is 0.867. The van der Waals surface area contributed by atoms with Gasteiger partial charge in [-0.05, 0) is 24.3 Å². The van der Waals surface area contributed by atoms with Crippen molar-refractivity contribution in [2.75, 3.05) is 14.1 Å². The number of carbonyl (C=O) groups is 1. The first kappa shape index (κ1) is 12.0. The third kappa shape index (κ3) is 2.45. The molecule has 0 aliphatic rings. The first-order chi connectivity index (χ1) is 8.74. The highest BCUT2D eigenvalue weighted by Gasteiger charge is 2.02. The Labute approximate surface area is 104 Å². The minimum atomic E-state index is -0.152. The van der Waals surface area contributed by atoms with Crippen LogP contribution in [0.2, 0.25) is 0 Å². The first-order valence-electron chi connectivity index (χ1n) is 5.51. The zero-order chi connectivity index (χ0) is 13.0. The van der Waals surface area contributed by atoms with Crippen LogP contribution in [0.1, 0.15) is 0 Å². The minimum absolute atomic E-state index is 0.152.